The van der Waals surface area contributed by atoms with E-state index in [1.807, 2.05) is 54.6 Å². The Morgan fingerprint density at radius 3 is 2.35 bits per heavy atom. The van der Waals surface area contributed by atoms with Crippen molar-refractivity contribution in [2.24, 2.45) is 0 Å². The maximum atomic E-state index is 13.4. The number of halogens is 1. The van der Waals surface area contributed by atoms with Gasteiger partial charge in [0.05, 0.1) is 25.0 Å². The van der Waals surface area contributed by atoms with Gasteiger partial charge >= 0.3 is 11.5 Å². The van der Waals surface area contributed by atoms with Gasteiger partial charge in [-0.15, -0.1) is 0 Å². The molecule has 4 rings (SSSR count). The summed E-state index contributed by atoms with van der Waals surface area (Å²) in [5, 5.41) is 11.0. The van der Waals surface area contributed by atoms with Gasteiger partial charge < -0.3 is 20.1 Å². The van der Waals surface area contributed by atoms with Gasteiger partial charge in [-0.2, -0.15) is 9.78 Å². The monoisotopic (exact) mass is 518 g/mol. The van der Waals surface area contributed by atoms with Crippen LogP contribution >= 0.6 is 11.6 Å². The molecule has 1 heterocycles. The lowest BCUT2D eigenvalue weighted by Crippen LogP contribution is -2.30. The van der Waals surface area contributed by atoms with Crippen molar-refractivity contribution in [2.45, 2.75) is 6.92 Å². The number of carbonyl (C=O) groups excluding carboxylic acids is 1. The Morgan fingerprint density at radius 1 is 0.946 bits per heavy atom. The average Bonchev–Trinajstić information content (AvgIpc) is 2.92. The number of nitrogens with zero attached hydrogens (tertiary/aromatic N) is 2. The number of aromatic nitrogens is 2. The molecular weight excluding hydrogens is 492 g/mol. The second kappa shape index (κ2) is 12.7. The largest absolute Gasteiger partial charge is 0.465 e. The molecule has 0 aliphatic rings. The number of hydrogen-bond donors (Lipinski definition) is 2. The fourth-order valence-electron chi connectivity index (χ4n) is 3.58. The van der Waals surface area contributed by atoms with Crippen molar-refractivity contribution in [3.8, 4) is 28.3 Å². The minimum atomic E-state index is -0.432. The van der Waals surface area contributed by atoms with Crippen LogP contribution in [0.4, 0.5) is 5.69 Å². The zero-order valence-electron chi connectivity index (χ0n) is 20.3. The summed E-state index contributed by atoms with van der Waals surface area (Å²) in [7, 11) is 0. The molecule has 9 heteroatoms. The first-order valence-corrected chi connectivity index (χ1v) is 12.2. The highest BCUT2D eigenvalue weighted by atomic mass is 35.5. The van der Waals surface area contributed by atoms with Crippen molar-refractivity contribution in [3.63, 3.8) is 0 Å². The lowest BCUT2D eigenvalue weighted by atomic mass is 10.1. The Hall–Kier alpha value is -4.14. The van der Waals surface area contributed by atoms with Crippen LogP contribution in [-0.2, 0) is 9.53 Å². The van der Waals surface area contributed by atoms with Gasteiger partial charge in [0.2, 0.25) is 5.75 Å². The minimum absolute atomic E-state index is 0.0998. The molecule has 0 unspecified atom stereocenters. The van der Waals surface area contributed by atoms with Crippen LogP contribution in [0.3, 0.4) is 0 Å². The average molecular weight is 519 g/mol. The standard InChI is InChI=1S/C28H27ClN4O4/c1-2-36-26(34)19-30-16-17-31-25-18-32-33(23-12-10-22(29)11-13-23)28(35)27(25)37-24-14-8-21(9-15-24)20-6-4-3-5-7-20/h3-15,18,30-31H,2,16-17,19H2,1H3. The number of anilines is 1. The zero-order chi connectivity index (χ0) is 26.0. The van der Waals surface area contributed by atoms with Crippen molar-refractivity contribution in [1.82, 2.24) is 15.1 Å². The first-order valence-electron chi connectivity index (χ1n) is 11.9. The molecule has 1 aromatic heterocycles. The summed E-state index contributed by atoms with van der Waals surface area (Å²) < 4.78 is 12.2. The van der Waals surface area contributed by atoms with E-state index in [0.29, 0.717) is 41.8 Å². The van der Waals surface area contributed by atoms with Gasteiger partial charge in [0.1, 0.15) is 11.4 Å². The summed E-state index contributed by atoms with van der Waals surface area (Å²) >= 11 is 6.00. The maximum Gasteiger partial charge on any atom is 0.319 e. The molecule has 37 heavy (non-hydrogen) atoms. The van der Waals surface area contributed by atoms with E-state index in [1.54, 1.807) is 31.2 Å². The molecule has 3 aromatic carbocycles. The molecule has 8 nitrogen and oxygen atoms in total. The van der Waals surface area contributed by atoms with E-state index in [4.69, 9.17) is 21.1 Å². The summed E-state index contributed by atoms with van der Waals surface area (Å²) in [6.07, 6.45) is 1.54. The number of hydrogen-bond acceptors (Lipinski definition) is 7. The van der Waals surface area contributed by atoms with E-state index in [0.717, 1.165) is 11.1 Å². The van der Waals surface area contributed by atoms with Crippen LogP contribution in [0.2, 0.25) is 5.02 Å². The van der Waals surface area contributed by atoms with Crippen LogP contribution < -0.4 is 20.9 Å². The molecular formula is C28H27ClN4O4. The topological polar surface area (TPSA) is 94.5 Å². The number of carbonyl (C=O) groups is 1. The summed E-state index contributed by atoms with van der Waals surface area (Å²) in [6, 6.07) is 24.3. The summed E-state index contributed by atoms with van der Waals surface area (Å²) in [5.41, 5.74) is 2.67. The molecule has 0 amide bonds. The van der Waals surface area contributed by atoms with Crippen LogP contribution in [0, 0.1) is 0 Å². The highest BCUT2D eigenvalue weighted by Gasteiger charge is 2.16. The van der Waals surface area contributed by atoms with E-state index in [-0.39, 0.29) is 18.3 Å². The molecule has 190 valence electrons. The Kier molecular flexibility index (Phi) is 8.91. The van der Waals surface area contributed by atoms with Gasteiger partial charge in [-0.25, -0.2) is 0 Å². The van der Waals surface area contributed by atoms with Gasteiger partial charge in [-0.3, -0.25) is 9.59 Å². The summed E-state index contributed by atoms with van der Waals surface area (Å²) in [6.45, 7) is 3.08. The molecule has 0 aliphatic heterocycles. The van der Waals surface area contributed by atoms with Crippen LogP contribution in [0.25, 0.3) is 16.8 Å². The van der Waals surface area contributed by atoms with Crippen molar-refractivity contribution in [1.29, 1.82) is 0 Å². The molecule has 0 fully saturated rings. The lowest BCUT2D eigenvalue weighted by molar-refractivity contribution is -0.141. The number of nitrogens with one attached hydrogen (secondary N) is 2. The molecule has 0 spiro atoms. The van der Waals surface area contributed by atoms with Gasteiger partial charge in [-0.05, 0) is 54.4 Å². The third kappa shape index (κ3) is 6.97. The van der Waals surface area contributed by atoms with Gasteiger partial charge in [0.25, 0.3) is 0 Å². The molecule has 4 aromatic rings. The third-order valence-corrected chi connectivity index (χ3v) is 5.63. The van der Waals surface area contributed by atoms with Crippen molar-refractivity contribution in [3.05, 3.63) is 100 Å². The fourth-order valence-corrected chi connectivity index (χ4v) is 3.71. The lowest BCUT2D eigenvalue weighted by Gasteiger charge is -2.15. The van der Waals surface area contributed by atoms with E-state index < -0.39 is 5.56 Å². The molecule has 0 bridgehead atoms. The molecule has 0 saturated heterocycles. The van der Waals surface area contributed by atoms with Crippen LogP contribution in [0.5, 0.6) is 11.5 Å². The highest BCUT2D eigenvalue weighted by molar-refractivity contribution is 6.30. The van der Waals surface area contributed by atoms with Crippen LogP contribution in [0.1, 0.15) is 6.92 Å². The number of benzene rings is 3. The second-order valence-electron chi connectivity index (χ2n) is 7.98. The Morgan fingerprint density at radius 2 is 1.65 bits per heavy atom. The van der Waals surface area contributed by atoms with E-state index in [2.05, 4.69) is 15.7 Å². The van der Waals surface area contributed by atoms with E-state index >= 15 is 0 Å². The first kappa shape index (κ1) is 25.9. The second-order valence-corrected chi connectivity index (χ2v) is 8.42. The van der Waals surface area contributed by atoms with Gasteiger partial charge in [0.15, 0.2) is 0 Å². The number of rotatable bonds is 11. The van der Waals surface area contributed by atoms with Crippen LogP contribution in [0.15, 0.2) is 89.9 Å². The predicted octanol–water partition coefficient (Wildman–Crippen LogP) is 4.91. The Labute approximate surface area is 219 Å². The molecule has 0 saturated carbocycles. The zero-order valence-corrected chi connectivity index (χ0v) is 21.1. The maximum absolute atomic E-state index is 13.4. The molecule has 2 N–H and O–H groups in total. The smallest absolute Gasteiger partial charge is 0.319 e. The Bertz CT molecular complexity index is 1370. The van der Waals surface area contributed by atoms with Crippen molar-refractivity contribution < 1.29 is 14.3 Å². The molecule has 0 radical (unpaired) electrons. The fraction of sp³-hybridized carbons (Fsp3) is 0.179. The van der Waals surface area contributed by atoms with Crippen LogP contribution in [-0.4, -0.2) is 42.0 Å². The Balaban J connectivity index is 1.55. The normalized spacial score (nSPS) is 10.6. The van der Waals surface area contributed by atoms with E-state index in [9.17, 15) is 9.59 Å². The minimum Gasteiger partial charge on any atom is -0.465 e. The number of esters is 1. The predicted molar refractivity (Wildman–Crippen MR) is 145 cm³/mol. The van der Waals surface area contributed by atoms with Gasteiger partial charge in [-0.1, -0.05) is 54.1 Å². The summed E-state index contributed by atoms with van der Waals surface area (Å²) in [4.78, 5) is 24.9. The number of ether oxygens (including phenoxy) is 2. The summed E-state index contributed by atoms with van der Waals surface area (Å²) in [5.74, 6) is 0.287. The quantitative estimate of drug-likeness (QED) is 0.215. The van der Waals surface area contributed by atoms with Crippen molar-refractivity contribution in [2.75, 3.05) is 31.6 Å². The molecule has 0 atom stereocenters. The van der Waals surface area contributed by atoms with Crippen molar-refractivity contribution >= 4 is 23.3 Å². The van der Waals surface area contributed by atoms with E-state index in [1.165, 1.54) is 10.9 Å². The first-order chi connectivity index (χ1) is 18.0. The highest BCUT2D eigenvalue weighted by Crippen LogP contribution is 2.28. The molecule has 0 aliphatic carbocycles. The van der Waals surface area contributed by atoms with Gasteiger partial charge in [0, 0.05) is 18.1 Å². The SMILES string of the molecule is CCOC(=O)CNCCNc1cnn(-c2ccc(Cl)cc2)c(=O)c1Oc1ccc(-c2ccccc2)cc1. The third-order valence-electron chi connectivity index (χ3n) is 5.38.